The lowest BCUT2D eigenvalue weighted by Crippen LogP contribution is -2.43. The molecule has 4 rings (SSSR count). The summed E-state index contributed by atoms with van der Waals surface area (Å²) in [6, 6.07) is 11.2. The normalized spacial score (nSPS) is 15.3. The van der Waals surface area contributed by atoms with Crippen molar-refractivity contribution >= 4 is 16.7 Å². The molecule has 0 radical (unpaired) electrons. The van der Waals surface area contributed by atoms with Gasteiger partial charge in [0.25, 0.3) is 0 Å². The highest BCUT2D eigenvalue weighted by Crippen LogP contribution is 2.27. The van der Waals surface area contributed by atoms with Crippen LogP contribution >= 0.6 is 0 Å². The van der Waals surface area contributed by atoms with Crippen molar-refractivity contribution in [1.82, 2.24) is 20.1 Å². The number of rotatable bonds is 3. The van der Waals surface area contributed by atoms with Gasteiger partial charge in [0.05, 0.1) is 11.9 Å². The molecule has 3 heterocycles. The number of hydrogen-bond acceptors (Lipinski definition) is 4. The predicted octanol–water partition coefficient (Wildman–Crippen LogP) is 3.40. The van der Waals surface area contributed by atoms with E-state index in [4.69, 9.17) is 4.98 Å². The van der Waals surface area contributed by atoms with Gasteiger partial charge in [-0.2, -0.15) is 5.10 Å². The van der Waals surface area contributed by atoms with E-state index in [2.05, 4.69) is 66.4 Å². The SMILES string of the molecule is Cc1cc(-c2ccc(N3CCNCC3)cc2)nc2c1cnn2C(C)C. The zero-order chi connectivity index (χ0) is 17.4. The number of nitrogens with one attached hydrogen (secondary N) is 1. The second-order valence-electron chi connectivity index (χ2n) is 7.03. The quantitative estimate of drug-likeness (QED) is 0.797. The fraction of sp³-hybridized carbons (Fsp3) is 0.400. The van der Waals surface area contributed by atoms with Gasteiger partial charge in [-0.3, -0.25) is 0 Å². The lowest BCUT2D eigenvalue weighted by atomic mass is 10.1. The van der Waals surface area contributed by atoms with Gasteiger partial charge in [-0.25, -0.2) is 9.67 Å². The van der Waals surface area contributed by atoms with E-state index in [-0.39, 0.29) is 0 Å². The Morgan fingerprint density at radius 3 is 2.48 bits per heavy atom. The molecule has 130 valence electrons. The molecule has 0 aliphatic carbocycles. The van der Waals surface area contributed by atoms with E-state index in [1.165, 1.54) is 11.3 Å². The third-order valence-corrected chi connectivity index (χ3v) is 4.91. The average molecular weight is 335 g/mol. The molecule has 1 saturated heterocycles. The third-order valence-electron chi connectivity index (χ3n) is 4.91. The van der Waals surface area contributed by atoms with E-state index in [0.717, 1.165) is 48.5 Å². The first-order valence-electron chi connectivity index (χ1n) is 9.04. The number of pyridine rings is 1. The first-order valence-corrected chi connectivity index (χ1v) is 9.04. The Bertz CT molecular complexity index is 873. The Labute approximate surface area is 148 Å². The molecular formula is C20H25N5. The summed E-state index contributed by atoms with van der Waals surface area (Å²) < 4.78 is 2.00. The number of hydrogen-bond donors (Lipinski definition) is 1. The van der Waals surface area contributed by atoms with Gasteiger partial charge in [-0.15, -0.1) is 0 Å². The zero-order valence-corrected chi connectivity index (χ0v) is 15.2. The molecule has 0 saturated carbocycles. The van der Waals surface area contributed by atoms with Gasteiger partial charge < -0.3 is 10.2 Å². The molecule has 0 spiro atoms. The van der Waals surface area contributed by atoms with E-state index in [1.807, 2.05) is 10.9 Å². The second kappa shape index (κ2) is 6.48. The lowest BCUT2D eigenvalue weighted by Gasteiger charge is -2.29. The molecule has 1 aliphatic heterocycles. The molecule has 1 aliphatic rings. The maximum atomic E-state index is 4.91. The number of fused-ring (bicyclic) bond motifs is 1. The van der Waals surface area contributed by atoms with E-state index in [1.54, 1.807) is 0 Å². The number of benzene rings is 1. The molecule has 0 atom stereocenters. The first kappa shape index (κ1) is 16.1. The Morgan fingerprint density at radius 2 is 1.80 bits per heavy atom. The van der Waals surface area contributed by atoms with Crippen molar-refractivity contribution in [2.75, 3.05) is 31.1 Å². The highest BCUT2D eigenvalue weighted by atomic mass is 15.3. The lowest BCUT2D eigenvalue weighted by molar-refractivity contribution is 0.546. The molecule has 1 aromatic carbocycles. The Balaban J connectivity index is 1.70. The van der Waals surface area contributed by atoms with Crippen molar-refractivity contribution in [3.63, 3.8) is 0 Å². The number of piperazine rings is 1. The molecule has 5 nitrogen and oxygen atoms in total. The van der Waals surface area contributed by atoms with Crippen LogP contribution in [0.25, 0.3) is 22.3 Å². The molecule has 1 fully saturated rings. The van der Waals surface area contributed by atoms with Gasteiger partial charge >= 0.3 is 0 Å². The minimum Gasteiger partial charge on any atom is -0.369 e. The second-order valence-corrected chi connectivity index (χ2v) is 7.03. The molecule has 2 aromatic heterocycles. The van der Waals surface area contributed by atoms with Crippen LogP contribution in [0, 0.1) is 6.92 Å². The van der Waals surface area contributed by atoms with Gasteiger partial charge in [0.2, 0.25) is 0 Å². The number of aryl methyl sites for hydroxylation is 1. The summed E-state index contributed by atoms with van der Waals surface area (Å²) in [7, 11) is 0. The highest BCUT2D eigenvalue weighted by molar-refractivity contribution is 5.82. The Morgan fingerprint density at radius 1 is 1.08 bits per heavy atom. The van der Waals surface area contributed by atoms with Crippen LogP contribution in [0.5, 0.6) is 0 Å². The average Bonchev–Trinajstić information content (AvgIpc) is 3.07. The fourth-order valence-corrected chi connectivity index (χ4v) is 3.47. The largest absolute Gasteiger partial charge is 0.369 e. The van der Waals surface area contributed by atoms with Gasteiger partial charge in [0.1, 0.15) is 0 Å². The van der Waals surface area contributed by atoms with Crippen LogP contribution in [0.15, 0.2) is 36.5 Å². The molecule has 3 aromatic rings. The smallest absolute Gasteiger partial charge is 0.158 e. The van der Waals surface area contributed by atoms with Crippen LogP contribution in [-0.4, -0.2) is 40.9 Å². The van der Waals surface area contributed by atoms with Crippen LogP contribution in [0.4, 0.5) is 5.69 Å². The minimum absolute atomic E-state index is 0.301. The molecular weight excluding hydrogens is 310 g/mol. The van der Waals surface area contributed by atoms with Crippen molar-refractivity contribution in [3.8, 4) is 11.3 Å². The maximum absolute atomic E-state index is 4.91. The van der Waals surface area contributed by atoms with Crippen LogP contribution in [-0.2, 0) is 0 Å². The summed E-state index contributed by atoms with van der Waals surface area (Å²) in [5.74, 6) is 0. The first-order chi connectivity index (χ1) is 12.1. The van der Waals surface area contributed by atoms with Crippen molar-refractivity contribution in [2.45, 2.75) is 26.8 Å². The van der Waals surface area contributed by atoms with E-state index in [9.17, 15) is 0 Å². The zero-order valence-electron chi connectivity index (χ0n) is 15.2. The summed E-state index contributed by atoms with van der Waals surface area (Å²) in [6.07, 6.45) is 1.93. The molecule has 0 amide bonds. The van der Waals surface area contributed by atoms with Gasteiger partial charge in [-0.1, -0.05) is 12.1 Å². The summed E-state index contributed by atoms with van der Waals surface area (Å²) in [5, 5.41) is 9.04. The molecule has 1 N–H and O–H groups in total. The van der Waals surface area contributed by atoms with Crippen molar-refractivity contribution < 1.29 is 0 Å². The predicted molar refractivity (Wildman–Crippen MR) is 103 cm³/mol. The van der Waals surface area contributed by atoms with E-state index < -0.39 is 0 Å². The highest BCUT2D eigenvalue weighted by Gasteiger charge is 2.13. The fourth-order valence-electron chi connectivity index (χ4n) is 3.47. The number of aromatic nitrogens is 3. The molecule has 25 heavy (non-hydrogen) atoms. The summed E-state index contributed by atoms with van der Waals surface area (Å²) in [4.78, 5) is 7.33. The molecule has 5 heteroatoms. The Hall–Kier alpha value is -2.40. The van der Waals surface area contributed by atoms with Crippen LogP contribution < -0.4 is 10.2 Å². The minimum atomic E-state index is 0.301. The van der Waals surface area contributed by atoms with E-state index in [0.29, 0.717) is 6.04 Å². The standard InChI is InChI=1S/C20H25N5/c1-14(2)25-20-18(13-22-25)15(3)12-19(23-20)16-4-6-17(7-5-16)24-10-8-21-9-11-24/h4-7,12-14,21H,8-11H2,1-3H3. The van der Waals surface area contributed by atoms with Crippen molar-refractivity contribution in [1.29, 1.82) is 0 Å². The number of nitrogens with zero attached hydrogens (tertiary/aromatic N) is 4. The van der Waals surface area contributed by atoms with Gasteiger partial charge in [0, 0.05) is 48.9 Å². The van der Waals surface area contributed by atoms with Gasteiger partial charge in [0.15, 0.2) is 5.65 Å². The van der Waals surface area contributed by atoms with Crippen LogP contribution in [0.2, 0.25) is 0 Å². The van der Waals surface area contributed by atoms with Crippen molar-refractivity contribution in [3.05, 3.63) is 42.1 Å². The van der Waals surface area contributed by atoms with Crippen LogP contribution in [0.3, 0.4) is 0 Å². The van der Waals surface area contributed by atoms with Crippen molar-refractivity contribution in [2.24, 2.45) is 0 Å². The Kier molecular flexibility index (Phi) is 4.17. The third kappa shape index (κ3) is 3.00. The summed E-state index contributed by atoms with van der Waals surface area (Å²) in [6.45, 7) is 10.6. The summed E-state index contributed by atoms with van der Waals surface area (Å²) >= 11 is 0. The van der Waals surface area contributed by atoms with E-state index >= 15 is 0 Å². The van der Waals surface area contributed by atoms with Crippen LogP contribution in [0.1, 0.15) is 25.5 Å². The topological polar surface area (TPSA) is 46.0 Å². The molecule has 0 bridgehead atoms. The maximum Gasteiger partial charge on any atom is 0.158 e. The monoisotopic (exact) mass is 335 g/mol. The molecule has 0 unspecified atom stereocenters. The van der Waals surface area contributed by atoms with Gasteiger partial charge in [-0.05, 0) is 44.5 Å². The summed E-state index contributed by atoms with van der Waals surface area (Å²) in [5.41, 5.74) is 5.64. The number of anilines is 1.